The molecule has 0 fully saturated rings. The van der Waals surface area contributed by atoms with Crippen LogP contribution in [-0.2, 0) is 19.4 Å². The number of aromatic nitrogens is 1. The third kappa shape index (κ3) is 6.27. The lowest BCUT2D eigenvalue weighted by atomic mass is 10.00. The van der Waals surface area contributed by atoms with E-state index in [2.05, 4.69) is 61.8 Å². The van der Waals surface area contributed by atoms with E-state index in [0.717, 1.165) is 59.6 Å². The van der Waals surface area contributed by atoms with Gasteiger partial charge in [-0.15, -0.1) is 0 Å². The van der Waals surface area contributed by atoms with Crippen molar-refractivity contribution < 1.29 is 14.3 Å². The van der Waals surface area contributed by atoms with E-state index in [4.69, 9.17) is 0 Å². The highest BCUT2D eigenvalue weighted by Gasteiger charge is 2.19. The Morgan fingerprint density at radius 2 is 1.82 bits per heavy atom. The molecule has 0 unspecified atom stereocenters. The molecule has 5 heteroatoms. The highest BCUT2D eigenvalue weighted by atomic mass is 19.1. The number of aryl methyl sites for hydroxylation is 1. The average Bonchev–Trinajstić information content (AvgIpc) is 3.12. The van der Waals surface area contributed by atoms with E-state index < -0.39 is 5.82 Å². The molecular weight excluding hydrogens is 475 g/mol. The van der Waals surface area contributed by atoms with Gasteiger partial charge >= 0.3 is 0 Å². The number of benzene rings is 3. The highest BCUT2D eigenvalue weighted by Crippen LogP contribution is 2.31. The molecule has 0 aliphatic heterocycles. The third-order valence-electron chi connectivity index (χ3n) is 7.21. The Kier molecular flexibility index (Phi) is 8.55. The largest absolute Gasteiger partial charge is 0.508 e. The maximum Gasteiger partial charge on any atom is 0.251 e. The van der Waals surface area contributed by atoms with Gasteiger partial charge in [-0.1, -0.05) is 57.5 Å². The number of aromatic hydroxyl groups is 1. The van der Waals surface area contributed by atoms with Crippen LogP contribution in [0, 0.1) is 18.7 Å². The number of phenolic OH excluding ortho intramolecular Hbond substituents is 1. The van der Waals surface area contributed by atoms with Gasteiger partial charge in [-0.3, -0.25) is 4.79 Å². The van der Waals surface area contributed by atoms with Gasteiger partial charge in [0.25, 0.3) is 5.91 Å². The van der Waals surface area contributed by atoms with E-state index in [1.54, 1.807) is 6.07 Å². The molecule has 0 saturated carbocycles. The number of amides is 1. The quantitative estimate of drug-likeness (QED) is 0.226. The summed E-state index contributed by atoms with van der Waals surface area (Å²) in [7, 11) is 0. The number of phenols is 1. The summed E-state index contributed by atoms with van der Waals surface area (Å²) in [5.41, 5.74) is 6.89. The van der Waals surface area contributed by atoms with Crippen LogP contribution in [0.4, 0.5) is 4.39 Å². The van der Waals surface area contributed by atoms with Crippen molar-refractivity contribution in [2.75, 3.05) is 0 Å². The molecule has 4 rings (SSSR count). The maximum absolute atomic E-state index is 14.0. The zero-order valence-electron chi connectivity index (χ0n) is 23.1. The molecule has 200 valence electrons. The molecule has 4 aromatic rings. The molecule has 1 aromatic heterocycles. The molecule has 1 heterocycles. The van der Waals surface area contributed by atoms with Gasteiger partial charge < -0.3 is 15.0 Å². The van der Waals surface area contributed by atoms with Crippen LogP contribution in [0.1, 0.15) is 84.9 Å². The van der Waals surface area contributed by atoms with Crippen LogP contribution >= 0.6 is 0 Å². The number of nitrogens with zero attached hydrogens (tertiary/aromatic N) is 1. The first-order chi connectivity index (χ1) is 18.2. The fourth-order valence-corrected chi connectivity index (χ4v) is 5.22. The van der Waals surface area contributed by atoms with Crippen LogP contribution in [-0.4, -0.2) is 15.6 Å². The fraction of sp³-hybridized carbons (Fsp3) is 0.364. The predicted molar refractivity (Wildman–Crippen MR) is 153 cm³/mol. The Bertz CT molecular complexity index is 1420. The first kappa shape index (κ1) is 27.4. The molecule has 2 N–H and O–H groups in total. The van der Waals surface area contributed by atoms with E-state index in [0.29, 0.717) is 23.5 Å². The van der Waals surface area contributed by atoms with E-state index in [1.807, 2.05) is 25.1 Å². The van der Waals surface area contributed by atoms with Gasteiger partial charge in [0.15, 0.2) is 0 Å². The Labute approximate surface area is 225 Å². The van der Waals surface area contributed by atoms with E-state index in [-0.39, 0.29) is 17.7 Å². The molecule has 4 nitrogen and oxygen atoms in total. The number of fused-ring (bicyclic) bond motifs is 1. The van der Waals surface area contributed by atoms with Crippen LogP contribution in [0.3, 0.4) is 0 Å². The second-order valence-corrected chi connectivity index (χ2v) is 10.8. The van der Waals surface area contributed by atoms with Crippen LogP contribution in [0.15, 0.2) is 60.7 Å². The van der Waals surface area contributed by atoms with E-state index >= 15 is 0 Å². The van der Waals surface area contributed by atoms with Gasteiger partial charge in [-0.05, 0) is 79.1 Å². The number of halogens is 1. The second kappa shape index (κ2) is 11.8. The molecule has 38 heavy (non-hydrogen) atoms. The van der Waals surface area contributed by atoms with Crippen LogP contribution in [0.25, 0.3) is 10.9 Å². The average molecular weight is 515 g/mol. The van der Waals surface area contributed by atoms with Crippen molar-refractivity contribution in [2.24, 2.45) is 5.92 Å². The van der Waals surface area contributed by atoms with Crippen molar-refractivity contribution in [1.82, 2.24) is 9.88 Å². The number of hydrogen-bond acceptors (Lipinski definition) is 2. The summed E-state index contributed by atoms with van der Waals surface area (Å²) in [6.07, 6.45) is 3.85. The van der Waals surface area contributed by atoms with Crippen LogP contribution < -0.4 is 5.32 Å². The smallest absolute Gasteiger partial charge is 0.251 e. The Hall–Kier alpha value is -3.60. The molecule has 0 spiro atoms. The zero-order valence-corrected chi connectivity index (χ0v) is 23.1. The predicted octanol–water partition coefficient (Wildman–Crippen LogP) is 7.87. The third-order valence-corrected chi connectivity index (χ3v) is 7.21. The monoisotopic (exact) mass is 514 g/mol. The SMILES string of the molecule is CCCCc1cccc([C@H](C)NC(=O)c2ccc3c(Cc4cc(O)cc(F)c4)c(C)n(CC(C)C)c3c2)c1. The molecule has 3 aromatic carbocycles. The Morgan fingerprint density at radius 1 is 1.03 bits per heavy atom. The Morgan fingerprint density at radius 3 is 2.53 bits per heavy atom. The highest BCUT2D eigenvalue weighted by molar-refractivity contribution is 5.99. The summed E-state index contributed by atoms with van der Waals surface area (Å²) in [6.45, 7) is 11.4. The van der Waals surface area contributed by atoms with Crippen molar-refractivity contribution in [3.05, 3.63) is 100.0 Å². The van der Waals surface area contributed by atoms with Crippen LogP contribution in [0.2, 0.25) is 0 Å². The summed E-state index contributed by atoms with van der Waals surface area (Å²) in [4.78, 5) is 13.3. The molecule has 0 aliphatic rings. The zero-order chi connectivity index (χ0) is 27.4. The van der Waals surface area contributed by atoms with E-state index in [9.17, 15) is 14.3 Å². The Balaban J connectivity index is 1.64. The van der Waals surface area contributed by atoms with Crippen molar-refractivity contribution >= 4 is 16.8 Å². The minimum Gasteiger partial charge on any atom is -0.508 e. The second-order valence-electron chi connectivity index (χ2n) is 10.8. The molecule has 1 atom stereocenters. The summed E-state index contributed by atoms with van der Waals surface area (Å²) >= 11 is 0. The van der Waals surface area contributed by atoms with Crippen molar-refractivity contribution in [3.63, 3.8) is 0 Å². The molecule has 0 radical (unpaired) electrons. The molecular formula is C33H39FN2O2. The lowest BCUT2D eigenvalue weighted by Gasteiger charge is -2.16. The van der Waals surface area contributed by atoms with Crippen molar-refractivity contribution in [3.8, 4) is 5.75 Å². The number of rotatable bonds is 10. The lowest BCUT2D eigenvalue weighted by Crippen LogP contribution is -2.26. The van der Waals surface area contributed by atoms with Gasteiger partial charge in [-0.25, -0.2) is 4.39 Å². The van der Waals surface area contributed by atoms with Gasteiger partial charge in [0.05, 0.1) is 6.04 Å². The topological polar surface area (TPSA) is 54.3 Å². The minimum absolute atomic E-state index is 0.0763. The molecule has 0 aliphatic carbocycles. The van der Waals surface area contributed by atoms with Gasteiger partial charge in [0.2, 0.25) is 0 Å². The standard InChI is InChI=1S/C33H39FN2O2/c1-6-7-9-24-10-8-11-26(14-24)22(4)35-33(38)27-12-13-30-31(17-25-15-28(34)19-29(37)16-25)23(5)36(20-21(2)3)32(30)18-27/h8,10-16,18-19,21-22,37H,6-7,9,17,20H2,1-5H3,(H,35,38)/t22-/m0/s1. The summed E-state index contributed by atoms with van der Waals surface area (Å²) in [6, 6.07) is 18.4. The molecule has 1 amide bonds. The lowest BCUT2D eigenvalue weighted by molar-refractivity contribution is 0.0940. The molecule has 0 bridgehead atoms. The van der Waals surface area contributed by atoms with Gasteiger partial charge in [0, 0.05) is 41.2 Å². The van der Waals surface area contributed by atoms with E-state index in [1.165, 1.54) is 11.6 Å². The number of unbranched alkanes of at least 4 members (excludes halogenated alkanes) is 1. The first-order valence-corrected chi connectivity index (χ1v) is 13.7. The van der Waals surface area contributed by atoms with Gasteiger partial charge in [0.1, 0.15) is 11.6 Å². The number of nitrogens with one attached hydrogen (secondary N) is 1. The number of carbonyl (C=O) groups is 1. The van der Waals surface area contributed by atoms with Crippen molar-refractivity contribution in [1.29, 1.82) is 0 Å². The number of carbonyl (C=O) groups excluding carboxylic acids is 1. The summed E-state index contributed by atoms with van der Waals surface area (Å²) in [5.74, 6) is -0.224. The fourth-order valence-electron chi connectivity index (χ4n) is 5.22. The normalized spacial score (nSPS) is 12.3. The van der Waals surface area contributed by atoms with Gasteiger partial charge in [-0.2, -0.15) is 0 Å². The van der Waals surface area contributed by atoms with Crippen LogP contribution in [0.5, 0.6) is 5.75 Å². The van der Waals surface area contributed by atoms with Crippen molar-refractivity contribution in [2.45, 2.75) is 72.9 Å². The maximum atomic E-state index is 14.0. The molecule has 0 saturated heterocycles. The number of hydrogen-bond donors (Lipinski definition) is 2. The summed E-state index contributed by atoms with van der Waals surface area (Å²) in [5, 5.41) is 14.1. The summed E-state index contributed by atoms with van der Waals surface area (Å²) < 4.78 is 16.2. The first-order valence-electron chi connectivity index (χ1n) is 13.7. The minimum atomic E-state index is -0.451.